The molecular formula is C14H17BrOS. The molecule has 0 aromatic carbocycles. The van der Waals surface area contributed by atoms with Crippen LogP contribution in [0.15, 0.2) is 15.9 Å². The molecule has 1 nitrogen and oxygen atoms in total. The molecule has 92 valence electrons. The lowest BCUT2D eigenvalue weighted by Crippen LogP contribution is -2.16. The third-order valence-corrected chi connectivity index (χ3v) is 6.35. The first-order valence-corrected chi connectivity index (χ1v) is 8.13. The third kappa shape index (κ3) is 2.50. The Morgan fingerprint density at radius 2 is 2.29 bits per heavy atom. The summed E-state index contributed by atoms with van der Waals surface area (Å²) in [5.74, 6) is 2.97. The monoisotopic (exact) mass is 312 g/mol. The van der Waals surface area contributed by atoms with Crippen molar-refractivity contribution in [3.63, 3.8) is 0 Å². The molecule has 17 heavy (non-hydrogen) atoms. The normalized spacial score (nSPS) is 31.0. The Labute approximate surface area is 115 Å². The van der Waals surface area contributed by atoms with Gasteiger partial charge in [0.2, 0.25) is 0 Å². The second-order valence-electron chi connectivity index (χ2n) is 5.55. The molecule has 3 rings (SSSR count). The van der Waals surface area contributed by atoms with E-state index in [2.05, 4.69) is 15.9 Å². The second kappa shape index (κ2) is 4.85. The number of halogens is 1. The summed E-state index contributed by atoms with van der Waals surface area (Å²) in [6.45, 7) is 0. The van der Waals surface area contributed by atoms with Crippen molar-refractivity contribution in [2.24, 2.45) is 17.8 Å². The van der Waals surface area contributed by atoms with E-state index in [0.717, 1.165) is 22.7 Å². The number of carbonyl (C=O) groups is 1. The van der Waals surface area contributed by atoms with Crippen LogP contribution < -0.4 is 0 Å². The van der Waals surface area contributed by atoms with Crippen molar-refractivity contribution in [3.05, 3.63) is 20.8 Å². The van der Waals surface area contributed by atoms with E-state index >= 15 is 0 Å². The minimum atomic E-state index is 0.436. The van der Waals surface area contributed by atoms with Crippen LogP contribution in [0.3, 0.4) is 0 Å². The van der Waals surface area contributed by atoms with Crippen molar-refractivity contribution in [1.29, 1.82) is 0 Å². The van der Waals surface area contributed by atoms with Gasteiger partial charge in [0, 0.05) is 22.2 Å². The lowest BCUT2D eigenvalue weighted by atomic mass is 9.85. The second-order valence-corrected chi connectivity index (χ2v) is 7.40. The van der Waals surface area contributed by atoms with Crippen molar-refractivity contribution in [1.82, 2.24) is 0 Å². The van der Waals surface area contributed by atoms with Gasteiger partial charge in [-0.25, -0.2) is 0 Å². The van der Waals surface area contributed by atoms with Gasteiger partial charge in [0.15, 0.2) is 0 Å². The standard InChI is InChI=1S/C14H17BrOS/c15-13-3-4-17-14(13)8-12(16)7-11-6-9-1-2-10(11)5-9/h3-4,9-11H,1-2,5-8H2. The number of hydrogen-bond acceptors (Lipinski definition) is 2. The van der Waals surface area contributed by atoms with Crippen molar-refractivity contribution < 1.29 is 4.79 Å². The lowest BCUT2D eigenvalue weighted by molar-refractivity contribution is -0.119. The maximum Gasteiger partial charge on any atom is 0.138 e. The molecule has 0 radical (unpaired) electrons. The van der Waals surface area contributed by atoms with Gasteiger partial charge in [-0.1, -0.05) is 6.42 Å². The minimum absolute atomic E-state index is 0.436. The molecule has 2 saturated carbocycles. The van der Waals surface area contributed by atoms with Gasteiger partial charge < -0.3 is 0 Å². The molecule has 2 fully saturated rings. The van der Waals surface area contributed by atoms with Gasteiger partial charge >= 0.3 is 0 Å². The van der Waals surface area contributed by atoms with E-state index < -0.39 is 0 Å². The number of ketones is 1. The Morgan fingerprint density at radius 1 is 1.41 bits per heavy atom. The molecule has 2 aliphatic rings. The number of Topliss-reactive ketones (excluding diaryl/α,β-unsaturated/α-hetero) is 1. The van der Waals surface area contributed by atoms with Gasteiger partial charge in [-0.3, -0.25) is 4.79 Å². The first-order chi connectivity index (χ1) is 8.22. The molecule has 0 spiro atoms. The average Bonchev–Trinajstić information content (AvgIpc) is 2.96. The van der Waals surface area contributed by atoms with Crippen LogP contribution >= 0.6 is 27.3 Å². The summed E-state index contributed by atoms with van der Waals surface area (Å²) in [5, 5.41) is 2.05. The van der Waals surface area contributed by atoms with E-state index in [-0.39, 0.29) is 0 Å². The van der Waals surface area contributed by atoms with Crippen molar-refractivity contribution >= 4 is 33.0 Å². The van der Waals surface area contributed by atoms with Crippen LogP contribution in [0.2, 0.25) is 0 Å². The Kier molecular flexibility index (Phi) is 3.40. The smallest absolute Gasteiger partial charge is 0.138 e. The van der Waals surface area contributed by atoms with E-state index in [1.807, 2.05) is 11.4 Å². The van der Waals surface area contributed by atoms with Gasteiger partial charge in [-0.2, -0.15) is 0 Å². The summed E-state index contributed by atoms with van der Waals surface area (Å²) in [7, 11) is 0. The fourth-order valence-corrected chi connectivity index (χ4v) is 5.14. The Morgan fingerprint density at radius 3 is 2.88 bits per heavy atom. The predicted molar refractivity (Wildman–Crippen MR) is 74.3 cm³/mol. The first-order valence-electron chi connectivity index (χ1n) is 6.46. The summed E-state index contributed by atoms with van der Waals surface area (Å²) in [5.41, 5.74) is 0. The summed E-state index contributed by atoms with van der Waals surface area (Å²) < 4.78 is 1.10. The van der Waals surface area contributed by atoms with Gasteiger partial charge in [0.25, 0.3) is 0 Å². The largest absolute Gasteiger partial charge is 0.299 e. The van der Waals surface area contributed by atoms with Crippen LogP contribution in [0.4, 0.5) is 0 Å². The molecule has 0 amide bonds. The summed E-state index contributed by atoms with van der Waals surface area (Å²) in [4.78, 5) is 13.3. The highest BCUT2D eigenvalue weighted by Gasteiger charge is 2.39. The van der Waals surface area contributed by atoms with Gasteiger partial charge in [0.1, 0.15) is 5.78 Å². The molecule has 1 aromatic rings. The van der Waals surface area contributed by atoms with E-state index in [9.17, 15) is 4.79 Å². The van der Waals surface area contributed by atoms with Gasteiger partial charge in [-0.15, -0.1) is 11.3 Å². The van der Waals surface area contributed by atoms with Crippen molar-refractivity contribution in [2.45, 2.75) is 38.5 Å². The highest BCUT2D eigenvalue weighted by molar-refractivity contribution is 9.10. The molecular weight excluding hydrogens is 296 g/mol. The average molecular weight is 313 g/mol. The maximum absolute atomic E-state index is 12.1. The van der Waals surface area contributed by atoms with Crippen LogP contribution in [0, 0.1) is 17.8 Å². The molecule has 0 N–H and O–H groups in total. The zero-order valence-corrected chi connectivity index (χ0v) is 12.2. The SMILES string of the molecule is O=C(Cc1sccc1Br)CC1CC2CCC1C2. The summed E-state index contributed by atoms with van der Waals surface area (Å²) in [6, 6.07) is 2.03. The van der Waals surface area contributed by atoms with E-state index in [4.69, 9.17) is 0 Å². The number of rotatable bonds is 4. The zero-order valence-electron chi connectivity index (χ0n) is 9.82. The quantitative estimate of drug-likeness (QED) is 0.802. The van der Waals surface area contributed by atoms with Crippen molar-refractivity contribution in [2.75, 3.05) is 0 Å². The number of hydrogen-bond donors (Lipinski definition) is 0. The number of thiophene rings is 1. The molecule has 3 heteroatoms. The van der Waals surface area contributed by atoms with Gasteiger partial charge in [0.05, 0.1) is 0 Å². The van der Waals surface area contributed by atoms with Crippen LogP contribution in [-0.2, 0) is 11.2 Å². The maximum atomic E-state index is 12.1. The molecule has 3 atom stereocenters. The van der Waals surface area contributed by atoms with E-state index in [1.54, 1.807) is 11.3 Å². The molecule has 1 heterocycles. The fraction of sp³-hybridized carbons (Fsp3) is 0.643. The minimum Gasteiger partial charge on any atom is -0.299 e. The highest BCUT2D eigenvalue weighted by atomic mass is 79.9. The van der Waals surface area contributed by atoms with E-state index in [0.29, 0.717) is 18.1 Å². The van der Waals surface area contributed by atoms with Crippen LogP contribution in [0.1, 0.15) is 37.0 Å². The highest BCUT2D eigenvalue weighted by Crippen LogP contribution is 2.49. The Bertz CT molecular complexity index is 426. The zero-order chi connectivity index (χ0) is 11.8. The van der Waals surface area contributed by atoms with E-state index in [1.165, 1.54) is 30.6 Å². The van der Waals surface area contributed by atoms with Crippen molar-refractivity contribution in [3.8, 4) is 0 Å². The molecule has 0 aliphatic heterocycles. The van der Waals surface area contributed by atoms with Crippen LogP contribution in [0.25, 0.3) is 0 Å². The molecule has 2 aliphatic carbocycles. The topological polar surface area (TPSA) is 17.1 Å². The fourth-order valence-electron chi connectivity index (χ4n) is 3.62. The summed E-state index contributed by atoms with van der Waals surface area (Å²) in [6.07, 6.45) is 6.98. The molecule has 1 aromatic heterocycles. The predicted octanol–water partition coefficient (Wildman–Crippen LogP) is 4.45. The lowest BCUT2D eigenvalue weighted by Gasteiger charge is -2.20. The molecule has 0 saturated heterocycles. The Hall–Kier alpha value is -0.150. The Balaban J connectivity index is 1.56. The van der Waals surface area contributed by atoms with Gasteiger partial charge in [-0.05, 0) is 64.4 Å². The molecule has 3 unspecified atom stereocenters. The first kappa shape index (κ1) is 11.9. The number of fused-ring (bicyclic) bond motifs is 2. The van der Waals surface area contributed by atoms with Crippen LogP contribution in [-0.4, -0.2) is 5.78 Å². The summed E-state index contributed by atoms with van der Waals surface area (Å²) >= 11 is 5.18. The van der Waals surface area contributed by atoms with Crippen LogP contribution in [0.5, 0.6) is 0 Å². The number of carbonyl (C=O) groups excluding carboxylic acids is 1. The molecule has 2 bridgehead atoms. The third-order valence-electron chi connectivity index (χ3n) is 4.42.